The van der Waals surface area contributed by atoms with Crippen molar-refractivity contribution >= 4 is 28.9 Å². The molecule has 0 spiro atoms. The summed E-state index contributed by atoms with van der Waals surface area (Å²) >= 11 is 2.11. The van der Waals surface area contributed by atoms with Crippen LogP contribution in [0.3, 0.4) is 0 Å². The summed E-state index contributed by atoms with van der Waals surface area (Å²) in [6.45, 7) is 0. The molecule has 13 heavy (non-hydrogen) atoms. The van der Waals surface area contributed by atoms with Crippen LogP contribution in [-0.2, 0) is 9.53 Å². The fraction of sp³-hybridized carbons (Fsp3) is 0.222. The van der Waals surface area contributed by atoms with Gasteiger partial charge in [0.25, 0.3) is 0 Å². The Kier molecular flexibility index (Phi) is 2.35. The highest BCUT2D eigenvalue weighted by molar-refractivity contribution is 14.1. The number of carbonyl (C=O) groups is 1. The van der Waals surface area contributed by atoms with E-state index in [1.165, 1.54) is 0 Å². The van der Waals surface area contributed by atoms with Crippen molar-refractivity contribution in [2.24, 2.45) is 0 Å². The number of carbonyl (C=O) groups excluding carboxylic acids is 1. The zero-order valence-corrected chi connectivity index (χ0v) is 8.76. The molecular weight excluding hydrogens is 283 g/mol. The SMILES string of the molecule is O=CC1OC(O)c2c(I)cccc21. The van der Waals surface area contributed by atoms with Gasteiger partial charge in [-0.15, -0.1) is 0 Å². The summed E-state index contributed by atoms with van der Waals surface area (Å²) in [6.07, 6.45) is -0.872. The summed E-state index contributed by atoms with van der Waals surface area (Å²) in [4.78, 5) is 10.6. The van der Waals surface area contributed by atoms with E-state index >= 15 is 0 Å². The number of aliphatic hydroxyl groups is 1. The van der Waals surface area contributed by atoms with E-state index in [-0.39, 0.29) is 0 Å². The number of fused-ring (bicyclic) bond motifs is 1. The Morgan fingerprint density at radius 2 is 2.31 bits per heavy atom. The Hall–Kier alpha value is -0.460. The quantitative estimate of drug-likeness (QED) is 0.630. The van der Waals surface area contributed by atoms with Crippen LogP contribution < -0.4 is 0 Å². The van der Waals surface area contributed by atoms with Crippen molar-refractivity contribution in [1.82, 2.24) is 0 Å². The van der Waals surface area contributed by atoms with Gasteiger partial charge >= 0.3 is 0 Å². The first kappa shape index (κ1) is 9.11. The van der Waals surface area contributed by atoms with Crippen LogP contribution in [0.25, 0.3) is 0 Å². The molecule has 1 aromatic rings. The Balaban J connectivity index is 2.57. The number of ether oxygens (including phenoxy) is 1. The minimum absolute atomic E-state index is 0.611. The van der Waals surface area contributed by atoms with E-state index in [1.807, 2.05) is 12.1 Å². The highest BCUT2D eigenvalue weighted by Crippen LogP contribution is 2.38. The topological polar surface area (TPSA) is 46.5 Å². The van der Waals surface area contributed by atoms with E-state index in [2.05, 4.69) is 22.6 Å². The molecule has 0 amide bonds. The van der Waals surface area contributed by atoms with Crippen LogP contribution in [0.1, 0.15) is 23.5 Å². The van der Waals surface area contributed by atoms with Gasteiger partial charge < -0.3 is 14.6 Å². The van der Waals surface area contributed by atoms with Crippen molar-refractivity contribution in [3.8, 4) is 0 Å². The molecule has 0 saturated carbocycles. The molecule has 1 heterocycles. The number of halogens is 1. The van der Waals surface area contributed by atoms with Gasteiger partial charge in [0.15, 0.2) is 12.6 Å². The van der Waals surface area contributed by atoms with E-state index in [1.54, 1.807) is 6.07 Å². The van der Waals surface area contributed by atoms with E-state index in [4.69, 9.17) is 4.74 Å². The normalized spacial score (nSPS) is 25.7. The lowest BCUT2D eigenvalue weighted by atomic mass is 10.1. The third-order valence-corrected chi connectivity index (χ3v) is 2.98. The zero-order chi connectivity index (χ0) is 9.42. The van der Waals surface area contributed by atoms with Crippen LogP contribution in [0.5, 0.6) is 0 Å². The van der Waals surface area contributed by atoms with Gasteiger partial charge in [-0.25, -0.2) is 0 Å². The van der Waals surface area contributed by atoms with Gasteiger partial charge in [0, 0.05) is 9.13 Å². The minimum atomic E-state index is -0.960. The molecule has 0 radical (unpaired) electrons. The monoisotopic (exact) mass is 290 g/mol. The minimum Gasteiger partial charge on any atom is -0.364 e. The van der Waals surface area contributed by atoms with Gasteiger partial charge in [-0.05, 0) is 34.2 Å². The highest BCUT2D eigenvalue weighted by Gasteiger charge is 2.31. The third-order valence-electron chi connectivity index (χ3n) is 2.04. The molecule has 4 heteroatoms. The molecule has 3 nitrogen and oxygen atoms in total. The van der Waals surface area contributed by atoms with Crippen LogP contribution in [0, 0.1) is 3.57 Å². The summed E-state index contributed by atoms with van der Waals surface area (Å²) in [5, 5.41) is 9.48. The van der Waals surface area contributed by atoms with Crippen LogP contribution in [-0.4, -0.2) is 11.4 Å². The highest BCUT2D eigenvalue weighted by atomic mass is 127. The maximum atomic E-state index is 10.6. The number of aldehydes is 1. The van der Waals surface area contributed by atoms with Crippen molar-refractivity contribution < 1.29 is 14.6 Å². The third kappa shape index (κ3) is 1.38. The van der Waals surface area contributed by atoms with Crippen molar-refractivity contribution in [2.75, 3.05) is 0 Å². The first-order valence-electron chi connectivity index (χ1n) is 3.81. The molecule has 0 saturated heterocycles. The van der Waals surface area contributed by atoms with Crippen LogP contribution in [0.4, 0.5) is 0 Å². The van der Waals surface area contributed by atoms with Crippen LogP contribution in [0.15, 0.2) is 18.2 Å². The molecule has 1 aromatic carbocycles. The second kappa shape index (κ2) is 3.36. The average Bonchev–Trinajstić information content (AvgIpc) is 2.44. The molecular formula is C9H7IO3. The molecule has 1 aliphatic heterocycles. The Labute approximate surface area is 88.9 Å². The van der Waals surface area contributed by atoms with Gasteiger partial charge in [0.1, 0.15) is 6.10 Å². The molecule has 2 atom stereocenters. The second-order valence-corrected chi connectivity index (χ2v) is 3.95. The van der Waals surface area contributed by atoms with Gasteiger partial charge in [-0.1, -0.05) is 12.1 Å². The number of rotatable bonds is 1. The number of benzene rings is 1. The molecule has 0 bridgehead atoms. The van der Waals surface area contributed by atoms with Crippen LogP contribution >= 0.6 is 22.6 Å². The first-order valence-corrected chi connectivity index (χ1v) is 4.89. The second-order valence-electron chi connectivity index (χ2n) is 2.79. The lowest BCUT2D eigenvalue weighted by Crippen LogP contribution is -1.98. The van der Waals surface area contributed by atoms with Gasteiger partial charge in [-0.3, -0.25) is 0 Å². The lowest BCUT2D eigenvalue weighted by molar-refractivity contribution is -0.141. The van der Waals surface area contributed by atoms with Crippen molar-refractivity contribution in [3.63, 3.8) is 0 Å². The maximum Gasteiger partial charge on any atom is 0.183 e. The molecule has 1 N–H and O–H groups in total. The molecule has 1 aliphatic rings. The van der Waals surface area contributed by atoms with Gasteiger partial charge in [-0.2, -0.15) is 0 Å². The van der Waals surface area contributed by atoms with Crippen molar-refractivity contribution in [3.05, 3.63) is 32.9 Å². The summed E-state index contributed by atoms with van der Waals surface area (Å²) in [6, 6.07) is 5.52. The Bertz CT molecular complexity index is 351. The summed E-state index contributed by atoms with van der Waals surface area (Å²) in [7, 11) is 0. The predicted molar refractivity (Wildman–Crippen MR) is 54.0 cm³/mol. The molecule has 0 aliphatic carbocycles. The fourth-order valence-electron chi connectivity index (χ4n) is 1.45. The number of aliphatic hydroxyl groups excluding tert-OH is 1. The van der Waals surface area contributed by atoms with Crippen molar-refractivity contribution in [1.29, 1.82) is 0 Å². The maximum absolute atomic E-state index is 10.6. The molecule has 0 aromatic heterocycles. The summed E-state index contributed by atoms with van der Waals surface area (Å²) in [5.74, 6) is 0. The lowest BCUT2D eigenvalue weighted by Gasteiger charge is -2.03. The van der Waals surface area contributed by atoms with E-state index in [0.29, 0.717) is 6.29 Å². The molecule has 0 fully saturated rings. The fourth-order valence-corrected chi connectivity index (χ4v) is 2.23. The first-order chi connectivity index (χ1) is 6.24. The smallest absolute Gasteiger partial charge is 0.183 e. The average molecular weight is 290 g/mol. The number of hydrogen-bond donors (Lipinski definition) is 1. The Morgan fingerprint density at radius 1 is 1.54 bits per heavy atom. The van der Waals surface area contributed by atoms with E-state index in [0.717, 1.165) is 14.7 Å². The molecule has 2 unspecified atom stereocenters. The summed E-state index contributed by atoms with van der Waals surface area (Å²) in [5.41, 5.74) is 1.50. The molecule has 68 valence electrons. The zero-order valence-electron chi connectivity index (χ0n) is 6.61. The van der Waals surface area contributed by atoms with Gasteiger partial charge in [0.05, 0.1) is 0 Å². The predicted octanol–water partition coefficient (Wildman–Crippen LogP) is 1.55. The summed E-state index contributed by atoms with van der Waals surface area (Å²) < 4.78 is 5.97. The van der Waals surface area contributed by atoms with E-state index in [9.17, 15) is 9.90 Å². The van der Waals surface area contributed by atoms with Crippen molar-refractivity contribution in [2.45, 2.75) is 12.4 Å². The molecule has 2 rings (SSSR count). The van der Waals surface area contributed by atoms with Gasteiger partial charge in [0.2, 0.25) is 0 Å². The van der Waals surface area contributed by atoms with E-state index < -0.39 is 12.4 Å². The largest absolute Gasteiger partial charge is 0.364 e. The van der Waals surface area contributed by atoms with Crippen LogP contribution in [0.2, 0.25) is 0 Å². The Morgan fingerprint density at radius 3 is 3.00 bits per heavy atom. The number of hydrogen-bond acceptors (Lipinski definition) is 3. The standard InChI is InChI=1S/C9H7IO3/c10-6-3-1-2-5-7(4-11)13-9(12)8(5)6/h1-4,7,9,12H.